The van der Waals surface area contributed by atoms with Gasteiger partial charge in [0.1, 0.15) is 6.61 Å². The van der Waals surface area contributed by atoms with Crippen molar-refractivity contribution in [3.63, 3.8) is 0 Å². The highest BCUT2D eigenvalue weighted by Crippen LogP contribution is 2.16. The van der Waals surface area contributed by atoms with E-state index in [1.165, 1.54) is 0 Å². The molecule has 1 atom stereocenters. The molecule has 1 rings (SSSR count). The van der Waals surface area contributed by atoms with E-state index in [0.717, 1.165) is 37.7 Å². The molecule has 0 radical (unpaired) electrons. The summed E-state index contributed by atoms with van der Waals surface area (Å²) in [6, 6.07) is 7.65. The molecule has 0 aliphatic rings. The van der Waals surface area contributed by atoms with Crippen LogP contribution < -0.4 is 10.6 Å². The molecule has 0 aliphatic carbocycles. The second-order valence-corrected chi connectivity index (χ2v) is 6.57. The second-order valence-electron chi connectivity index (χ2n) is 6.57. The van der Waals surface area contributed by atoms with Gasteiger partial charge in [0.15, 0.2) is 5.96 Å². The zero-order chi connectivity index (χ0) is 21.0. The maximum absolute atomic E-state index is 12.1. The molecule has 1 unspecified atom stereocenters. The summed E-state index contributed by atoms with van der Waals surface area (Å²) in [5.41, 5.74) is 1.68. The van der Waals surface area contributed by atoms with E-state index in [0.29, 0.717) is 18.2 Å². The van der Waals surface area contributed by atoms with Gasteiger partial charge in [-0.1, -0.05) is 38.1 Å². The number of hydrogen-bond donors (Lipinski definition) is 2. The highest BCUT2D eigenvalue weighted by Gasteiger charge is 2.27. The molecule has 9 heteroatoms. The van der Waals surface area contributed by atoms with Crippen LogP contribution in [0.5, 0.6) is 0 Å². The number of rotatable bonds is 11. The molecular formula is C20H34F3IN4O. The molecule has 0 bridgehead atoms. The molecule has 0 aromatic heterocycles. The van der Waals surface area contributed by atoms with Gasteiger partial charge in [0, 0.05) is 19.1 Å². The van der Waals surface area contributed by atoms with Crippen LogP contribution in [0.1, 0.15) is 38.8 Å². The predicted octanol–water partition coefficient (Wildman–Crippen LogP) is 4.17. The lowest BCUT2D eigenvalue weighted by atomic mass is 10.1. The molecule has 29 heavy (non-hydrogen) atoms. The lowest BCUT2D eigenvalue weighted by Gasteiger charge is -2.27. The van der Waals surface area contributed by atoms with Gasteiger partial charge >= 0.3 is 6.18 Å². The van der Waals surface area contributed by atoms with E-state index in [2.05, 4.69) is 46.0 Å². The monoisotopic (exact) mass is 530 g/mol. The number of guanidine groups is 1. The Kier molecular flexibility index (Phi) is 14.3. The number of nitrogens with one attached hydrogen (secondary N) is 2. The highest BCUT2D eigenvalue weighted by atomic mass is 127. The number of aliphatic imine (C=N–C) groups is 1. The Labute approximate surface area is 189 Å². The van der Waals surface area contributed by atoms with Gasteiger partial charge in [-0.25, -0.2) is 4.99 Å². The van der Waals surface area contributed by atoms with Crippen molar-refractivity contribution in [2.24, 2.45) is 4.99 Å². The molecule has 1 aromatic carbocycles. The molecule has 0 heterocycles. The van der Waals surface area contributed by atoms with Crippen molar-refractivity contribution in [3.05, 3.63) is 35.4 Å². The molecule has 0 spiro atoms. The number of nitrogens with zero attached hydrogens (tertiary/aromatic N) is 2. The third kappa shape index (κ3) is 12.3. The number of benzene rings is 1. The Morgan fingerprint density at radius 3 is 2.17 bits per heavy atom. The minimum absolute atomic E-state index is 0. The Balaban J connectivity index is 0.00000784. The van der Waals surface area contributed by atoms with Crippen LogP contribution in [0, 0.1) is 0 Å². The van der Waals surface area contributed by atoms with Gasteiger partial charge in [0.25, 0.3) is 0 Å². The Bertz CT molecular complexity index is 578. The quantitative estimate of drug-likeness (QED) is 0.256. The third-order valence-electron chi connectivity index (χ3n) is 4.32. The fourth-order valence-corrected chi connectivity index (χ4v) is 2.76. The average Bonchev–Trinajstić information content (AvgIpc) is 2.65. The maximum atomic E-state index is 12.1. The minimum atomic E-state index is -4.30. The van der Waals surface area contributed by atoms with Crippen molar-refractivity contribution < 1.29 is 17.9 Å². The molecule has 1 aromatic rings. The van der Waals surface area contributed by atoms with E-state index in [1.54, 1.807) is 12.1 Å². The minimum Gasteiger partial charge on any atom is -0.367 e. The van der Waals surface area contributed by atoms with Crippen LogP contribution in [0.4, 0.5) is 13.2 Å². The summed E-state index contributed by atoms with van der Waals surface area (Å²) in [5, 5.41) is 6.59. The number of halogens is 4. The van der Waals surface area contributed by atoms with E-state index in [9.17, 15) is 13.2 Å². The molecule has 0 fully saturated rings. The van der Waals surface area contributed by atoms with Crippen molar-refractivity contribution in [2.75, 3.05) is 32.8 Å². The topological polar surface area (TPSA) is 48.9 Å². The van der Waals surface area contributed by atoms with Crippen LogP contribution in [0.25, 0.3) is 0 Å². The van der Waals surface area contributed by atoms with E-state index in [1.807, 2.05) is 19.1 Å². The summed E-state index contributed by atoms with van der Waals surface area (Å²) in [5.74, 6) is 0.749. The number of hydrogen-bond acceptors (Lipinski definition) is 3. The molecule has 168 valence electrons. The van der Waals surface area contributed by atoms with Crippen molar-refractivity contribution in [3.8, 4) is 0 Å². The fraction of sp³-hybridized carbons (Fsp3) is 0.650. The largest absolute Gasteiger partial charge is 0.411 e. The van der Waals surface area contributed by atoms with E-state index >= 15 is 0 Å². The summed E-state index contributed by atoms with van der Waals surface area (Å²) in [4.78, 5) is 6.96. The molecule has 0 aliphatic heterocycles. The second kappa shape index (κ2) is 14.8. The van der Waals surface area contributed by atoms with Crippen molar-refractivity contribution in [2.45, 2.75) is 53.1 Å². The molecular weight excluding hydrogens is 496 g/mol. The maximum Gasteiger partial charge on any atom is 0.411 e. The van der Waals surface area contributed by atoms with Gasteiger partial charge in [-0.05, 0) is 38.1 Å². The van der Waals surface area contributed by atoms with E-state index in [-0.39, 0.29) is 30.6 Å². The van der Waals surface area contributed by atoms with Crippen molar-refractivity contribution in [1.29, 1.82) is 0 Å². The predicted molar refractivity (Wildman–Crippen MR) is 123 cm³/mol. The Hall–Kier alpha value is -1.07. The Morgan fingerprint density at radius 1 is 1.07 bits per heavy atom. The van der Waals surface area contributed by atoms with Crippen molar-refractivity contribution in [1.82, 2.24) is 15.5 Å². The molecule has 2 N–H and O–H groups in total. The summed E-state index contributed by atoms with van der Waals surface area (Å²) >= 11 is 0. The standard InChI is InChI=1S/C20H33F3N4O.HI/c1-5-24-19(25-12-16(4)27(6-2)7-3)26-13-17-8-10-18(11-9-17)14-28-15-20(21,22)23;/h8-11,16H,5-7,12-15H2,1-4H3,(H2,24,25,26);1H. The van der Waals surface area contributed by atoms with Crippen LogP contribution in [0.2, 0.25) is 0 Å². The van der Waals surface area contributed by atoms with Gasteiger partial charge < -0.3 is 15.4 Å². The van der Waals surface area contributed by atoms with Crippen molar-refractivity contribution >= 4 is 29.9 Å². The number of ether oxygens (including phenoxy) is 1. The summed E-state index contributed by atoms with van der Waals surface area (Å²) in [7, 11) is 0. The molecule has 5 nitrogen and oxygen atoms in total. The summed E-state index contributed by atoms with van der Waals surface area (Å²) in [6.45, 7) is 11.3. The Morgan fingerprint density at radius 2 is 1.66 bits per heavy atom. The van der Waals surface area contributed by atoms with Gasteiger partial charge in [-0.3, -0.25) is 4.90 Å². The van der Waals surface area contributed by atoms with Crippen LogP contribution in [-0.4, -0.2) is 55.9 Å². The highest BCUT2D eigenvalue weighted by molar-refractivity contribution is 14.0. The summed E-state index contributed by atoms with van der Waals surface area (Å²) in [6.07, 6.45) is -4.30. The first-order chi connectivity index (χ1) is 13.3. The zero-order valence-electron chi connectivity index (χ0n) is 17.7. The van der Waals surface area contributed by atoms with Gasteiger partial charge in [0.05, 0.1) is 13.2 Å². The lowest BCUT2D eigenvalue weighted by Crippen LogP contribution is -2.45. The molecule has 0 saturated carbocycles. The van der Waals surface area contributed by atoms with Gasteiger partial charge in [-0.2, -0.15) is 13.2 Å². The van der Waals surface area contributed by atoms with Crippen LogP contribution in [0.15, 0.2) is 29.3 Å². The first kappa shape index (κ1) is 27.9. The lowest BCUT2D eigenvalue weighted by molar-refractivity contribution is -0.176. The normalized spacial score (nSPS) is 13.2. The molecule has 0 saturated heterocycles. The number of likely N-dealkylation sites (N-methyl/N-ethyl adjacent to an activating group) is 1. The van der Waals surface area contributed by atoms with E-state index in [4.69, 9.17) is 0 Å². The smallest absolute Gasteiger partial charge is 0.367 e. The van der Waals surface area contributed by atoms with Crippen LogP contribution in [-0.2, 0) is 17.9 Å². The number of alkyl halides is 3. The first-order valence-corrected chi connectivity index (χ1v) is 9.77. The van der Waals surface area contributed by atoms with Crippen LogP contribution >= 0.6 is 24.0 Å². The average molecular weight is 530 g/mol. The zero-order valence-corrected chi connectivity index (χ0v) is 20.0. The molecule has 0 amide bonds. The first-order valence-electron chi connectivity index (χ1n) is 9.77. The fourth-order valence-electron chi connectivity index (χ4n) is 2.76. The third-order valence-corrected chi connectivity index (χ3v) is 4.32. The SMILES string of the molecule is CCNC(=NCc1ccc(COCC(F)(F)F)cc1)NCC(C)N(CC)CC.I. The van der Waals surface area contributed by atoms with E-state index < -0.39 is 12.8 Å². The van der Waals surface area contributed by atoms with Gasteiger partial charge in [0.2, 0.25) is 0 Å². The summed E-state index contributed by atoms with van der Waals surface area (Å²) < 4.78 is 41.0. The van der Waals surface area contributed by atoms with Gasteiger partial charge in [-0.15, -0.1) is 24.0 Å². The van der Waals surface area contributed by atoms with Crippen LogP contribution in [0.3, 0.4) is 0 Å².